The van der Waals surface area contributed by atoms with E-state index >= 15 is 0 Å². The van der Waals surface area contributed by atoms with Gasteiger partial charge in [-0.1, -0.05) is 12.1 Å². The summed E-state index contributed by atoms with van der Waals surface area (Å²) < 4.78 is 43.0. The Morgan fingerprint density at radius 2 is 1.91 bits per heavy atom. The van der Waals surface area contributed by atoms with Crippen molar-refractivity contribution in [1.82, 2.24) is 10.6 Å². The van der Waals surface area contributed by atoms with Crippen LogP contribution in [0.5, 0.6) is 0 Å². The van der Waals surface area contributed by atoms with Crippen molar-refractivity contribution in [1.29, 1.82) is 0 Å². The fourth-order valence-corrected chi connectivity index (χ4v) is 2.73. The van der Waals surface area contributed by atoms with Gasteiger partial charge in [-0.2, -0.15) is 13.2 Å². The molecule has 0 aliphatic carbocycles. The number of esters is 1. The van der Waals surface area contributed by atoms with Crippen LogP contribution in [0, 0.1) is 0 Å². The molecule has 1 aliphatic heterocycles. The fraction of sp³-hybridized carbons (Fsp3) is 0.400. The Kier molecular flexibility index (Phi) is 5.26. The Morgan fingerprint density at radius 1 is 1.30 bits per heavy atom. The highest BCUT2D eigenvalue weighted by Gasteiger charge is 2.33. The van der Waals surface area contributed by atoms with Crippen LogP contribution in [-0.4, -0.2) is 18.1 Å². The number of rotatable bonds is 3. The first-order chi connectivity index (χ1) is 10.7. The number of nitrogens with one attached hydrogen (secondary N) is 2. The van der Waals surface area contributed by atoms with Crippen molar-refractivity contribution in [2.75, 3.05) is 6.61 Å². The minimum atomic E-state index is -4.40. The van der Waals surface area contributed by atoms with Crippen molar-refractivity contribution >= 4 is 18.6 Å². The van der Waals surface area contributed by atoms with Crippen molar-refractivity contribution in [2.45, 2.75) is 31.6 Å². The van der Waals surface area contributed by atoms with Crippen molar-refractivity contribution in [3.8, 4) is 0 Å². The summed E-state index contributed by atoms with van der Waals surface area (Å²) in [6, 6.07) is 4.08. The van der Waals surface area contributed by atoms with Crippen molar-refractivity contribution in [3.63, 3.8) is 0 Å². The molecular weight excluding hydrogens is 329 g/mol. The Bertz CT molecular complexity index is 614. The van der Waals surface area contributed by atoms with Gasteiger partial charge in [-0.25, -0.2) is 4.79 Å². The maximum Gasteiger partial charge on any atom is 0.416 e. The summed E-state index contributed by atoms with van der Waals surface area (Å²) in [4.78, 5) is 12.2. The quantitative estimate of drug-likeness (QED) is 0.582. The normalized spacial score (nSPS) is 21.8. The number of benzene rings is 1. The number of alkyl halides is 3. The molecule has 126 valence electrons. The van der Waals surface area contributed by atoms with E-state index in [-0.39, 0.29) is 6.61 Å². The lowest BCUT2D eigenvalue weighted by Gasteiger charge is -2.32. The molecule has 2 N–H and O–H groups in total. The molecule has 0 bridgehead atoms. The molecule has 4 nitrogen and oxygen atoms in total. The van der Waals surface area contributed by atoms with Gasteiger partial charge in [0.2, 0.25) is 0 Å². The van der Waals surface area contributed by atoms with E-state index in [4.69, 9.17) is 4.74 Å². The first-order valence-corrected chi connectivity index (χ1v) is 7.51. The van der Waals surface area contributed by atoms with Crippen LogP contribution < -0.4 is 10.6 Å². The fourth-order valence-electron chi connectivity index (χ4n) is 2.39. The van der Waals surface area contributed by atoms with Crippen molar-refractivity contribution in [3.05, 3.63) is 46.7 Å². The molecule has 2 atom stereocenters. The average Bonchev–Trinajstić information content (AvgIpc) is 2.45. The van der Waals surface area contributed by atoms with Gasteiger partial charge < -0.3 is 10.1 Å². The lowest BCUT2D eigenvalue weighted by molar-refractivity contribution is -0.139. The Balaban J connectivity index is 2.38. The van der Waals surface area contributed by atoms with Gasteiger partial charge >= 0.3 is 12.1 Å². The van der Waals surface area contributed by atoms with Gasteiger partial charge in [0.1, 0.15) is 5.50 Å². The molecule has 0 amide bonds. The van der Waals surface area contributed by atoms with E-state index in [1.54, 1.807) is 13.8 Å². The summed E-state index contributed by atoms with van der Waals surface area (Å²) >= 11 is 4.27. The van der Waals surface area contributed by atoms with E-state index in [1.807, 2.05) is 0 Å². The molecule has 0 saturated carbocycles. The molecule has 0 fully saturated rings. The molecule has 0 saturated heterocycles. The van der Waals surface area contributed by atoms with Gasteiger partial charge in [-0.05, 0) is 31.5 Å². The predicted molar refractivity (Wildman–Crippen MR) is 82.6 cm³/mol. The van der Waals surface area contributed by atoms with Gasteiger partial charge in [-0.3, -0.25) is 5.32 Å². The minimum absolute atomic E-state index is 0.208. The van der Waals surface area contributed by atoms with E-state index in [0.717, 1.165) is 12.1 Å². The standard InChI is InChI=1S/C15H17F3N2O2S/c1-3-22-13(21)11-8(2)19-14(23)20-12(11)9-4-6-10(7-5-9)15(16,17)18/h4-7,12,14,19-20,23H,3H2,1-2H3. The van der Waals surface area contributed by atoms with Gasteiger partial charge in [0.15, 0.2) is 0 Å². The van der Waals surface area contributed by atoms with Crippen LogP contribution in [-0.2, 0) is 15.7 Å². The van der Waals surface area contributed by atoms with E-state index in [0.29, 0.717) is 16.8 Å². The number of halogens is 3. The van der Waals surface area contributed by atoms with E-state index < -0.39 is 29.2 Å². The third kappa shape index (κ3) is 4.00. The molecule has 1 aliphatic rings. The maximum absolute atomic E-state index is 12.7. The highest BCUT2D eigenvalue weighted by molar-refractivity contribution is 7.80. The molecule has 0 aromatic heterocycles. The number of allylic oxidation sites excluding steroid dienone is 1. The van der Waals surface area contributed by atoms with Crippen molar-refractivity contribution < 1.29 is 22.7 Å². The maximum atomic E-state index is 12.7. The SMILES string of the molecule is CCOC(=O)C1=C(C)NC(S)NC1c1ccc(C(F)(F)F)cc1. The topological polar surface area (TPSA) is 50.4 Å². The largest absolute Gasteiger partial charge is 0.463 e. The molecule has 23 heavy (non-hydrogen) atoms. The van der Waals surface area contributed by atoms with Crippen LogP contribution in [0.2, 0.25) is 0 Å². The summed E-state index contributed by atoms with van der Waals surface area (Å²) in [5.74, 6) is -0.518. The summed E-state index contributed by atoms with van der Waals surface area (Å²) in [6.07, 6.45) is -4.40. The highest BCUT2D eigenvalue weighted by Crippen LogP contribution is 2.33. The molecule has 8 heteroatoms. The molecule has 0 radical (unpaired) electrons. The summed E-state index contributed by atoms with van der Waals surface area (Å²) in [6.45, 7) is 3.60. The molecule has 1 aromatic carbocycles. The number of ether oxygens (including phenoxy) is 1. The monoisotopic (exact) mass is 346 g/mol. The minimum Gasteiger partial charge on any atom is -0.463 e. The molecule has 2 rings (SSSR count). The lowest BCUT2D eigenvalue weighted by Crippen LogP contribution is -2.46. The van der Waals surface area contributed by atoms with Crippen LogP contribution in [0.1, 0.15) is 31.0 Å². The number of carbonyl (C=O) groups is 1. The van der Waals surface area contributed by atoms with Crippen LogP contribution >= 0.6 is 12.6 Å². The number of thiol groups is 1. The summed E-state index contributed by atoms with van der Waals surface area (Å²) in [7, 11) is 0. The van der Waals surface area contributed by atoms with E-state index in [1.165, 1.54) is 12.1 Å². The zero-order valence-corrected chi connectivity index (χ0v) is 13.5. The average molecular weight is 346 g/mol. The number of hydrogen-bond donors (Lipinski definition) is 3. The Labute approximate surface area is 137 Å². The Hall–Kier alpha value is -1.67. The Morgan fingerprint density at radius 3 is 2.43 bits per heavy atom. The lowest BCUT2D eigenvalue weighted by atomic mass is 9.95. The number of carbonyl (C=O) groups excluding carboxylic acids is 1. The van der Waals surface area contributed by atoms with Gasteiger partial charge in [0, 0.05) is 5.70 Å². The summed E-state index contributed by atoms with van der Waals surface area (Å²) in [5.41, 5.74) is 0.265. The molecule has 1 aromatic rings. The molecule has 2 unspecified atom stereocenters. The highest BCUT2D eigenvalue weighted by atomic mass is 32.1. The van der Waals surface area contributed by atoms with Crippen molar-refractivity contribution in [2.24, 2.45) is 0 Å². The predicted octanol–water partition coefficient (Wildman–Crippen LogP) is 2.99. The van der Waals surface area contributed by atoms with Crippen LogP contribution in [0.4, 0.5) is 13.2 Å². The third-order valence-electron chi connectivity index (χ3n) is 3.44. The second-order valence-electron chi connectivity index (χ2n) is 5.03. The molecular formula is C15H17F3N2O2S. The third-order valence-corrected chi connectivity index (χ3v) is 3.72. The van der Waals surface area contributed by atoms with Crippen LogP contribution in [0.3, 0.4) is 0 Å². The molecule has 0 spiro atoms. The van der Waals surface area contributed by atoms with E-state index in [2.05, 4.69) is 23.3 Å². The first kappa shape index (κ1) is 17.7. The van der Waals surface area contributed by atoms with E-state index in [9.17, 15) is 18.0 Å². The smallest absolute Gasteiger partial charge is 0.416 e. The van der Waals surface area contributed by atoms with Crippen LogP contribution in [0.25, 0.3) is 0 Å². The van der Waals surface area contributed by atoms with Crippen LogP contribution in [0.15, 0.2) is 35.5 Å². The number of hydrogen-bond acceptors (Lipinski definition) is 5. The zero-order valence-electron chi connectivity index (χ0n) is 12.6. The summed E-state index contributed by atoms with van der Waals surface area (Å²) in [5, 5.41) is 5.98. The second-order valence-corrected chi connectivity index (χ2v) is 5.54. The zero-order chi connectivity index (χ0) is 17.2. The van der Waals surface area contributed by atoms with Gasteiger partial charge in [-0.15, -0.1) is 12.6 Å². The van der Waals surface area contributed by atoms with Gasteiger partial charge in [0.05, 0.1) is 23.8 Å². The van der Waals surface area contributed by atoms with Gasteiger partial charge in [0.25, 0.3) is 0 Å². The molecule has 1 heterocycles. The first-order valence-electron chi connectivity index (χ1n) is 6.99. The second kappa shape index (κ2) is 6.84.